The number of carbonyl (C=O) groups excluding carboxylic acids is 1. The number of nitrogens with one attached hydrogen (secondary N) is 1. The summed E-state index contributed by atoms with van der Waals surface area (Å²) in [6.45, 7) is 8.90. The third kappa shape index (κ3) is 7.29. The summed E-state index contributed by atoms with van der Waals surface area (Å²) in [4.78, 5) is 12.2. The Morgan fingerprint density at radius 3 is 2.48 bits per heavy atom. The first-order valence-corrected chi connectivity index (χ1v) is 7.82. The molecule has 1 aromatic rings. The second kappa shape index (κ2) is 9.85. The van der Waals surface area contributed by atoms with Gasteiger partial charge >= 0.3 is 0 Å². The van der Waals surface area contributed by atoms with E-state index in [0.29, 0.717) is 41.8 Å². The van der Waals surface area contributed by atoms with Crippen molar-refractivity contribution in [3.05, 3.63) is 22.7 Å². The van der Waals surface area contributed by atoms with Crippen molar-refractivity contribution in [1.82, 2.24) is 5.32 Å². The summed E-state index contributed by atoms with van der Waals surface area (Å²) in [6, 6.07) is 3.22. The van der Waals surface area contributed by atoms with Crippen molar-refractivity contribution < 1.29 is 14.3 Å². The van der Waals surface area contributed by atoms with Crippen LogP contribution in [-0.4, -0.2) is 31.2 Å². The van der Waals surface area contributed by atoms with Crippen LogP contribution in [0.2, 0.25) is 5.02 Å². The molecule has 0 radical (unpaired) electrons. The fourth-order valence-corrected chi connectivity index (χ4v) is 1.98. The molecule has 0 atom stereocenters. The second-order valence-electron chi connectivity index (χ2n) is 5.74. The number of hydrogen-bond acceptors (Lipinski definition) is 4. The minimum absolute atomic E-state index is 0. The Morgan fingerprint density at radius 2 is 1.96 bits per heavy atom. The zero-order valence-corrected chi connectivity index (χ0v) is 15.6. The highest BCUT2D eigenvalue weighted by molar-refractivity contribution is 6.32. The van der Waals surface area contributed by atoms with Gasteiger partial charge in [-0.25, -0.2) is 0 Å². The summed E-state index contributed by atoms with van der Waals surface area (Å²) in [5.74, 6) is 0.699. The van der Waals surface area contributed by atoms with Gasteiger partial charge in [-0.1, -0.05) is 18.5 Å². The van der Waals surface area contributed by atoms with E-state index in [0.717, 1.165) is 6.42 Å². The molecule has 0 aliphatic carbocycles. The van der Waals surface area contributed by atoms with E-state index < -0.39 is 5.54 Å². The van der Waals surface area contributed by atoms with Crippen molar-refractivity contribution in [2.24, 2.45) is 5.73 Å². The Hall–Kier alpha value is -1.17. The molecule has 0 aromatic heterocycles. The van der Waals surface area contributed by atoms with Crippen LogP contribution < -0.4 is 20.5 Å². The lowest BCUT2D eigenvalue weighted by molar-refractivity contribution is 0.0945. The molecule has 0 aliphatic heterocycles. The first-order chi connectivity index (χ1) is 10.3. The maximum Gasteiger partial charge on any atom is 0.251 e. The van der Waals surface area contributed by atoms with E-state index in [1.54, 1.807) is 12.1 Å². The van der Waals surface area contributed by atoms with Crippen LogP contribution in [0, 0.1) is 0 Å². The largest absolute Gasteiger partial charge is 0.490 e. The third-order valence-electron chi connectivity index (χ3n) is 2.73. The molecule has 1 aromatic carbocycles. The molecule has 0 saturated heterocycles. The number of amides is 1. The van der Waals surface area contributed by atoms with E-state index in [-0.39, 0.29) is 18.3 Å². The van der Waals surface area contributed by atoms with Crippen molar-refractivity contribution in [3.63, 3.8) is 0 Å². The highest BCUT2D eigenvalue weighted by Gasteiger charge is 2.18. The minimum atomic E-state index is -0.480. The van der Waals surface area contributed by atoms with Gasteiger partial charge in [-0.2, -0.15) is 0 Å². The Labute approximate surface area is 149 Å². The highest BCUT2D eigenvalue weighted by Crippen LogP contribution is 2.36. The number of carbonyl (C=O) groups is 1. The van der Waals surface area contributed by atoms with Crippen molar-refractivity contribution in [2.75, 3.05) is 19.8 Å². The summed E-state index contributed by atoms with van der Waals surface area (Å²) in [5, 5.41) is 3.14. The van der Waals surface area contributed by atoms with Gasteiger partial charge in [0.25, 0.3) is 5.91 Å². The number of ether oxygens (including phenoxy) is 2. The van der Waals surface area contributed by atoms with E-state index in [1.165, 1.54) is 0 Å². The smallest absolute Gasteiger partial charge is 0.251 e. The molecular formula is C16H26Cl2N2O3. The molecule has 0 fully saturated rings. The number of benzene rings is 1. The molecule has 0 spiro atoms. The SMILES string of the molecule is CCCOc1c(Cl)cc(C(=O)NCC(C)(C)N)cc1OCC.Cl. The average molecular weight is 365 g/mol. The number of nitrogens with two attached hydrogens (primary N) is 1. The van der Waals surface area contributed by atoms with Crippen molar-refractivity contribution in [1.29, 1.82) is 0 Å². The zero-order chi connectivity index (χ0) is 16.8. The molecular weight excluding hydrogens is 339 g/mol. The third-order valence-corrected chi connectivity index (χ3v) is 3.01. The predicted molar refractivity (Wildman–Crippen MR) is 96.3 cm³/mol. The molecule has 7 heteroatoms. The topological polar surface area (TPSA) is 73.6 Å². The molecule has 23 heavy (non-hydrogen) atoms. The van der Waals surface area contributed by atoms with Crippen LogP contribution in [0.5, 0.6) is 11.5 Å². The average Bonchev–Trinajstić information content (AvgIpc) is 2.43. The fourth-order valence-electron chi connectivity index (χ4n) is 1.72. The lowest BCUT2D eigenvalue weighted by Crippen LogP contribution is -2.45. The van der Waals surface area contributed by atoms with Crippen LogP contribution >= 0.6 is 24.0 Å². The van der Waals surface area contributed by atoms with Gasteiger partial charge in [0.2, 0.25) is 0 Å². The van der Waals surface area contributed by atoms with Crippen LogP contribution in [0.15, 0.2) is 12.1 Å². The van der Waals surface area contributed by atoms with Crippen LogP contribution in [0.1, 0.15) is 44.5 Å². The molecule has 0 heterocycles. The molecule has 132 valence electrons. The van der Waals surface area contributed by atoms with Gasteiger partial charge < -0.3 is 20.5 Å². The maximum atomic E-state index is 12.2. The number of hydrogen-bond donors (Lipinski definition) is 2. The van der Waals surface area contributed by atoms with Gasteiger partial charge in [0.05, 0.1) is 18.2 Å². The summed E-state index contributed by atoms with van der Waals surface area (Å²) < 4.78 is 11.1. The number of halogens is 2. The normalized spacial score (nSPS) is 10.7. The monoisotopic (exact) mass is 364 g/mol. The predicted octanol–water partition coefficient (Wildman–Crippen LogP) is 3.42. The lowest BCUT2D eigenvalue weighted by Gasteiger charge is -2.19. The van der Waals surface area contributed by atoms with Gasteiger partial charge in [0.15, 0.2) is 11.5 Å². The maximum absolute atomic E-state index is 12.2. The van der Waals surface area contributed by atoms with Crippen molar-refractivity contribution in [3.8, 4) is 11.5 Å². The Morgan fingerprint density at radius 1 is 1.30 bits per heavy atom. The van der Waals surface area contributed by atoms with E-state index in [9.17, 15) is 4.79 Å². The van der Waals surface area contributed by atoms with Gasteiger partial charge in [-0.3, -0.25) is 4.79 Å². The molecule has 0 bridgehead atoms. The summed E-state index contributed by atoms with van der Waals surface area (Å²) in [7, 11) is 0. The summed E-state index contributed by atoms with van der Waals surface area (Å²) in [6.07, 6.45) is 0.857. The highest BCUT2D eigenvalue weighted by atomic mass is 35.5. The van der Waals surface area contributed by atoms with Gasteiger partial charge in [-0.15, -0.1) is 12.4 Å². The summed E-state index contributed by atoms with van der Waals surface area (Å²) in [5.41, 5.74) is 5.80. The molecule has 1 rings (SSSR count). The molecule has 0 saturated carbocycles. The van der Waals surface area contributed by atoms with Crippen molar-refractivity contribution in [2.45, 2.75) is 39.7 Å². The molecule has 3 N–H and O–H groups in total. The molecule has 0 unspecified atom stereocenters. The number of rotatable bonds is 8. The lowest BCUT2D eigenvalue weighted by atomic mass is 10.1. The van der Waals surface area contributed by atoms with Crippen LogP contribution in [-0.2, 0) is 0 Å². The van der Waals surface area contributed by atoms with Crippen molar-refractivity contribution >= 4 is 29.9 Å². The first-order valence-electron chi connectivity index (χ1n) is 7.44. The van der Waals surface area contributed by atoms with E-state index >= 15 is 0 Å². The fraction of sp³-hybridized carbons (Fsp3) is 0.562. The Balaban J connectivity index is 0.00000484. The zero-order valence-electron chi connectivity index (χ0n) is 14.1. The van der Waals surface area contributed by atoms with Crippen LogP contribution in [0.3, 0.4) is 0 Å². The van der Waals surface area contributed by atoms with Crippen LogP contribution in [0.4, 0.5) is 0 Å². The van der Waals surface area contributed by atoms with E-state index in [4.69, 9.17) is 26.8 Å². The Bertz CT molecular complexity index is 517. The van der Waals surface area contributed by atoms with Gasteiger partial charge in [-0.05, 0) is 39.3 Å². The minimum Gasteiger partial charge on any atom is -0.490 e. The Kier molecular flexibility index (Phi) is 9.35. The van der Waals surface area contributed by atoms with Crippen LogP contribution in [0.25, 0.3) is 0 Å². The molecule has 0 aliphatic rings. The quantitative estimate of drug-likeness (QED) is 0.740. The van der Waals surface area contributed by atoms with E-state index in [1.807, 2.05) is 27.7 Å². The first kappa shape index (κ1) is 21.8. The van der Waals surface area contributed by atoms with Gasteiger partial charge in [0.1, 0.15) is 0 Å². The van der Waals surface area contributed by atoms with Gasteiger partial charge in [0, 0.05) is 17.6 Å². The standard InChI is InChI=1S/C16H25ClN2O3.ClH/c1-5-7-22-14-12(17)8-11(9-13(14)21-6-2)15(20)19-10-16(3,4)18;/h8-9H,5-7,10,18H2,1-4H3,(H,19,20);1H. The second-order valence-corrected chi connectivity index (χ2v) is 6.15. The summed E-state index contributed by atoms with van der Waals surface area (Å²) >= 11 is 6.23. The van der Waals surface area contributed by atoms with E-state index in [2.05, 4.69) is 5.32 Å². The molecule has 5 nitrogen and oxygen atoms in total. The molecule has 1 amide bonds.